The maximum atomic E-state index is 11.9. The summed E-state index contributed by atoms with van der Waals surface area (Å²) in [4.78, 5) is 36.4. The Morgan fingerprint density at radius 2 is 1.96 bits per heavy atom. The van der Waals surface area contributed by atoms with E-state index in [1.54, 1.807) is 12.1 Å². The first kappa shape index (κ1) is 17.7. The van der Waals surface area contributed by atoms with Crippen molar-refractivity contribution in [3.05, 3.63) is 45.9 Å². The number of hydrogen-bond donors (Lipinski definition) is 2. The number of nitrogens with one attached hydrogen (secondary N) is 2. The van der Waals surface area contributed by atoms with E-state index in [4.69, 9.17) is 0 Å². The van der Waals surface area contributed by atoms with E-state index < -0.39 is 11.5 Å². The number of carboxylic acid groups (broad SMARTS) is 1. The summed E-state index contributed by atoms with van der Waals surface area (Å²) in [7, 11) is 0. The van der Waals surface area contributed by atoms with Crippen LogP contribution in [0.15, 0.2) is 34.2 Å². The average Bonchev–Trinajstić information content (AvgIpc) is 2.54. The summed E-state index contributed by atoms with van der Waals surface area (Å²) in [5.74, 6) is -1.45. The lowest BCUT2D eigenvalue weighted by Gasteiger charge is -2.05. The highest BCUT2D eigenvalue weighted by molar-refractivity contribution is 7.99. The molecule has 2 rings (SSSR count). The van der Waals surface area contributed by atoms with Gasteiger partial charge in [-0.05, 0) is 25.5 Å². The molecule has 0 fully saturated rings. The molecule has 0 unspecified atom stereocenters. The van der Waals surface area contributed by atoms with Crippen molar-refractivity contribution in [3.8, 4) is 0 Å². The maximum Gasteiger partial charge on any atom is 0.273 e. The number of benzene rings is 1. The fraction of sp³-hybridized carbons (Fsp3) is 0.267. The largest absolute Gasteiger partial charge is 0.550 e. The molecule has 126 valence electrons. The van der Waals surface area contributed by atoms with Gasteiger partial charge in [0.15, 0.2) is 5.16 Å². The highest BCUT2D eigenvalue weighted by atomic mass is 32.2. The van der Waals surface area contributed by atoms with Gasteiger partial charge in [-0.3, -0.25) is 14.6 Å². The van der Waals surface area contributed by atoms with Crippen LogP contribution < -0.4 is 16.0 Å². The summed E-state index contributed by atoms with van der Waals surface area (Å²) < 4.78 is 0. The van der Waals surface area contributed by atoms with Crippen LogP contribution in [-0.4, -0.2) is 32.8 Å². The molecule has 1 amide bonds. The molecule has 1 heterocycles. The number of amides is 1. The number of aliphatic carboxylic acids is 1. The lowest BCUT2D eigenvalue weighted by atomic mass is 10.2. The third-order valence-electron chi connectivity index (χ3n) is 2.99. The summed E-state index contributed by atoms with van der Waals surface area (Å²) in [5.41, 5.74) is 1.28. The number of aromatic nitrogens is 3. The minimum Gasteiger partial charge on any atom is -0.550 e. The molecule has 1 aromatic carbocycles. The number of aromatic amines is 1. The van der Waals surface area contributed by atoms with E-state index in [1.807, 2.05) is 19.1 Å². The Labute approximate surface area is 141 Å². The van der Waals surface area contributed by atoms with Crippen LogP contribution in [0.2, 0.25) is 0 Å². The van der Waals surface area contributed by atoms with Gasteiger partial charge >= 0.3 is 0 Å². The number of rotatable bonds is 7. The van der Waals surface area contributed by atoms with Gasteiger partial charge in [0.25, 0.3) is 5.56 Å². The number of carbonyl (C=O) groups excluding carboxylic acids is 2. The van der Waals surface area contributed by atoms with Gasteiger partial charge in [0.05, 0.1) is 5.75 Å². The number of anilines is 1. The van der Waals surface area contributed by atoms with Gasteiger partial charge < -0.3 is 15.2 Å². The van der Waals surface area contributed by atoms with Gasteiger partial charge in [-0.15, -0.1) is 10.2 Å². The molecule has 0 aliphatic carbocycles. The Morgan fingerprint density at radius 1 is 1.25 bits per heavy atom. The number of thioether (sulfide) groups is 1. The first-order valence-electron chi connectivity index (χ1n) is 7.09. The Kier molecular flexibility index (Phi) is 6.07. The van der Waals surface area contributed by atoms with Crippen LogP contribution in [0.5, 0.6) is 0 Å². The highest BCUT2D eigenvalue weighted by Crippen LogP contribution is 2.12. The summed E-state index contributed by atoms with van der Waals surface area (Å²) in [6.07, 6.45) is -0.354. The molecular formula is C15H15N4O4S-. The SMILES string of the molecule is Cc1ccc(NC(=O)CSc2nnc(CCC(=O)[O-])c(=O)[nH]2)cc1. The Hall–Kier alpha value is -2.68. The van der Waals surface area contributed by atoms with Crippen molar-refractivity contribution in [2.24, 2.45) is 0 Å². The van der Waals surface area contributed by atoms with Crippen LogP contribution in [0.4, 0.5) is 5.69 Å². The molecule has 0 radical (unpaired) electrons. The van der Waals surface area contributed by atoms with Crippen molar-refractivity contribution >= 4 is 29.3 Å². The topological polar surface area (TPSA) is 128 Å². The van der Waals surface area contributed by atoms with Crippen molar-refractivity contribution in [3.63, 3.8) is 0 Å². The first-order chi connectivity index (χ1) is 11.4. The molecule has 0 aliphatic heterocycles. The van der Waals surface area contributed by atoms with E-state index in [2.05, 4.69) is 20.5 Å². The van der Waals surface area contributed by atoms with Crippen molar-refractivity contribution in [1.82, 2.24) is 15.2 Å². The van der Waals surface area contributed by atoms with Crippen LogP contribution in [0, 0.1) is 6.92 Å². The van der Waals surface area contributed by atoms with Gasteiger partial charge in [0.2, 0.25) is 5.91 Å². The third kappa shape index (κ3) is 5.51. The number of aryl methyl sites for hydroxylation is 2. The molecule has 0 saturated heterocycles. The quantitative estimate of drug-likeness (QED) is 0.669. The lowest BCUT2D eigenvalue weighted by molar-refractivity contribution is -0.305. The minimum absolute atomic E-state index is 0.0210. The Balaban J connectivity index is 1.88. The van der Waals surface area contributed by atoms with Gasteiger partial charge in [-0.25, -0.2) is 0 Å². The molecule has 9 heteroatoms. The zero-order valence-corrected chi connectivity index (χ0v) is 13.7. The van der Waals surface area contributed by atoms with Crippen molar-refractivity contribution in [1.29, 1.82) is 0 Å². The van der Waals surface area contributed by atoms with Gasteiger partial charge in [0, 0.05) is 18.1 Å². The van der Waals surface area contributed by atoms with E-state index in [9.17, 15) is 19.5 Å². The zero-order valence-electron chi connectivity index (χ0n) is 12.9. The molecule has 0 spiro atoms. The number of hydrogen-bond acceptors (Lipinski definition) is 7. The molecule has 1 aromatic heterocycles. The van der Waals surface area contributed by atoms with Crippen LogP contribution in [-0.2, 0) is 16.0 Å². The summed E-state index contributed by atoms with van der Waals surface area (Å²) in [6, 6.07) is 7.37. The Morgan fingerprint density at radius 3 is 2.58 bits per heavy atom. The maximum absolute atomic E-state index is 11.9. The predicted molar refractivity (Wildman–Crippen MR) is 86.5 cm³/mol. The van der Waals surface area contributed by atoms with E-state index in [0.717, 1.165) is 17.3 Å². The van der Waals surface area contributed by atoms with E-state index in [1.165, 1.54) is 0 Å². The second kappa shape index (κ2) is 8.25. The second-order valence-corrected chi connectivity index (χ2v) is 5.94. The number of H-pyrrole nitrogens is 1. The normalized spacial score (nSPS) is 10.4. The van der Waals surface area contributed by atoms with E-state index in [0.29, 0.717) is 5.69 Å². The van der Waals surface area contributed by atoms with Crippen LogP contribution in [0.3, 0.4) is 0 Å². The highest BCUT2D eigenvalue weighted by Gasteiger charge is 2.08. The molecule has 24 heavy (non-hydrogen) atoms. The molecule has 2 aromatic rings. The first-order valence-corrected chi connectivity index (χ1v) is 8.07. The summed E-state index contributed by atoms with van der Waals surface area (Å²) >= 11 is 1.03. The molecule has 8 nitrogen and oxygen atoms in total. The third-order valence-corrected chi connectivity index (χ3v) is 3.85. The zero-order chi connectivity index (χ0) is 17.5. The van der Waals surface area contributed by atoms with Crippen molar-refractivity contribution < 1.29 is 14.7 Å². The monoisotopic (exact) mass is 347 g/mol. The van der Waals surface area contributed by atoms with Crippen molar-refractivity contribution in [2.45, 2.75) is 24.9 Å². The second-order valence-electron chi connectivity index (χ2n) is 4.98. The average molecular weight is 347 g/mol. The smallest absolute Gasteiger partial charge is 0.273 e. The van der Waals surface area contributed by atoms with Crippen LogP contribution >= 0.6 is 11.8 Å². The van der Waals surface area contributed by atoms with Crippen LogP contribution in [0.25, 0.3) is 0 Å². The molecule has 2 N–H and O–H groups in total. The van der Waals surface area contributed by atoms with E-state index in [-0.39, 0.29) is 35.4 Å². The minimum atomic E-state index is -1.26. The predicted octanol–water partition coefficient (Wildman–Crippen LogP) is -0.113. The molecular weight excluding hydrogens is 332 g/mol. The molecule has 0 aliphatic rings. The standard InChI is InChI=1S/C15H16N4O4S/c1-9-2-4-10(5-3-9)16-12(20)8-24-15-17-14(23)11(18-19-15)6-7-13(21)22/h2-5H,6-8H2,1H3,(H,16,20)(H,21,22)(H,17,19,23)/p-1. The number of nitrogens with zero attached hydrogens (tertiary/aromatic N) is 2. The van der Waals surface area contributed by atoms with Gasteiger partial charge in [-0.1, -0.05) is 29.5 Å². The number of carbonyl (C=O) groups is 2. The fourth-order valence-electron chi connectivity index (χ4n) is 1.76. The van der Waals surface area contributed by atoms with Gasteiger partial charge in [-0.2, -0.15) is 0 Å². The molecule has 0 bridgehead atoms. The van der Waals surface area contributed by atoms with Gasteiger partial charge in [0.1, 0.15) is 5.69 Å². The van der Waals surface area contributed by atoms with Crippen molar-refractivity contribution in [2.75, 3.05) is 11.1 Å². The molecule has 0 atom stereocenters. The number of carboxylic acids is 1. The molecule has 0 saturated carbocycles. The fourth-order valence-corrected chi connectivity index (χ4v) is 2.37. The summed E-state index contributed by atoms with van der Waals surface area (Å²) in [5, 5.41) is 20.8. The van der Waals surface area contributed by atoms with Crippen LogP contribution in [0.1, 0.15) is 17.7 Å². The van der Waals surface area contributed by atoms with E-state index >= 15 is 0 Å². The lowest BCUT2D eigenvalue weighted by Crippen LogP contribution is -2.25. The summed E-state index contributed by atoms with van der Waals surface area (Å²) in [6.45, 7) is 1.95. The Bertz CT molecular complexity index is 789.